The predicted octanol–water partition coefficient (Wildman–Crippen LogP) is 1.67. The van der Waals surface area contributed by atoms with Crippen molar-refractivity contribution in [3.8, 4) is 0 Å². The highest BCUT2D eigenvalue weighted by molar-refractivity contribution is 5.83. The van der Waals surface area contributed by atoms with Gasteiger partial charge in [-0.3, -0.25) is 14.8 Å². The fraction of sp³-hybridized carbons (Fsp3) is 0.526. The van der Waals surface area contributed by atoms with Gasteiger partial charge < -0.3 is 9.84 Å². The molecule has 0 unspecified atom stereocenters. The minimum Gasteiger partial charge on any atom is -0.394 e. The molecule has 1 aromatic heterocycles. The lowest BCUT2D eigenvalue weighted by molar-refractivity contribution is 0.0564. The predicted molar refractivity (Wildman–Crippen MR) is 96.1 cm³/mol. The van der Waals surface area contributed by atoms with Gasteiger partial charge >= 0.3 is 0 Å². The summed E-state index contributed by atoms with van der Waals surface area (Å²) in [5.74, 6) is 0. The van der Waals surface area contributed by atoms with E-state index in [1.807, 2.05) is 12.3 Å². The average Bonchev–Trinajstić information content (AvgIpc) is 2.62. The third-order valence-electron chi connectivity index (χ3n) is 4.76. The number of rotatable bonds is 7. The SMILES string of the molecule is Cc1ccc2ncccc2c1CN1CCN(CCOCCO)CC1. The summed E-state index contributed by atoms with van der Waals surface area (Å²) < 4.78 is 5.36. The molecule has 0 amide bonds. The number of aliphatic hydroxyl groups is 1. The molecule has 0 atom stereocenters. The molecule has 1 aliphatic rings. The molecule has 1 fully saturated rings. The van der Waals surface area contributed by atoms with E-state index in [-0.39, 0.29) is 6.61 Å². The fourth-order valence-electron chi connectivity index (χ4n) is 3.29. The van der Waals surface area contributed by atoms with E-state index in [0.717, 1.165) is 44.8 Å². The van der Waals surface area contributed by atoms with Crippen molar-refractivity contribution in [2.45, 2.75) is 13.5 Å². The Morgan fingerprint density at radius 3 is 2.67 bits per heavy atom. The standard InChI is InChI=1S/C19H27N3O2/c1-16-4-5-19-17(3-2-6-20-19)18(16)15-22-9-7-21(8-10-22)11-13-24-14-12-23/h2-6,23H,7-15H2,1H3. The quantitative estimate of drug-likeness (QED) is 0.783. The maximum absolute atomic E-state index is 8.73. The molecule has 1 N–H and O–H groups in total. The van der Waals surface area contributed by atoms with E-state index in [9.17, 15) is 0 Å². The van der Waals surface area contributed by atoms with Crippen molar-refractivity contribution in [1.82, 2.24) is 14.8 Å². The van der Waals surface area contributed by atoms with Crippen LogP contribution in [0.1, 0.15) is 11.1 Å². The third-order valence-corrected chi connectivity index (χ3v) is 4.76. The van der Waals surface area contributed by atoms with E-state index in [0.29, 0.717) is 13.2 Å². The molecule has 2 heterocycles. The van der Waals surface area contributed by atoms with Gasteiger partial charge in [-0.05, 0) is 30.2 Å². The first-order chi connectivity index (χ1) is 11.8. The third kappa shape index (κ3) is 4.30. The second-order valence-corrected chi connectivity index (χ2v) is 6.38. The molecule has 5 nitrogen and oxygen atoms in total. The topological polar surface area (TPSA) is 48.8 Å². The molecule has 0 saturated carbocycles. The molecular formula is C19H27N3O2. The van der Waals surface area contributed by atoms with Gasteiger partial charge in [0, 0.05) is 50.9 Å². The van der Waals surface area contributed by atoms with Crippen molar-refractivity contribution in [2.75, 3.05) is 52.5 Å². The number of aliphatic hydroxyl groups excluding tert-OH is 1. The summed E-state index contributed by atoms with van der Waals surface area (Å²) in [4.78, 5) is 9.44. The number of hydrogen-bond donors (Lipinski definition) is 1. The summed E-state index contributed by atoms with van der Waals surface area (Å²) in [6.07, 6.45) is 1.86. The number of fused-ring (bicyclic) bond motifs is 1. The molecule has 2 aromatic rings. The summed E-state index contributed by atoms with van der Waals surface area (Å²) in [6, 6.07) is 8.49. The number of piperazine rings is 1. The van der Waals surface area contributed by atoms with Crippen molar-refractivity contribution in [3.05, 3.63) is 41.6 Å². The number of nitrogens with zero attached hydrogens (tertiary/aromatic N) is 3. The Morgan fingerprint density at radius 2 is 1.88 bits per heavy atom. The van der Waals surface area contributed by atoms with Crippen molar-refractivity contribution in [1.29, 1.82) is 0 Å². The second-order valence-electron chi connectivity index (χ2n) is 6.38. The Balaban J connectivity index is 1.56. The van der Waals surface area contributed by atoms with Crippen LogP contribution >= 0.6 is 0 Å². The first kappa shape index (κ1) is 17.3. The molecule has 1 saturated heterocycles. The van der Waals surface area contributed by atoms with Gasteiger partial charge in [0.25, 0.3) is 0 Å². The van der Waals surface area contributed by atoms with E-state index in [2.05, 4.69) is 39.9 Å². The van der Waals surface area contributed by atoms with Crippen LogP contribution in [-0.2, 0) is 11.3 Å². The van der Waals surface area contributed by atoms with Crippen LogP contribution in [0.4, 0.5) is 0 Å². The Bertz CT molecular complexity index is 654. The number of aromatic nitrogens is 1. The number of pyridine rings is 1. The van der Waals surface area contributed by atoms with Gasteiger partial charge in [0.1, 0.15) is 0 Å². The molecule has 24 heavy (non-hydrogen) atoms. The zero-order valence-corrected chi connectivity index (χ0v) is 14.4. The van der Waals surface area contributed by atoms with E-state index >= 15 is 0 Å². The number of hydrogen-bond acceptors (Lipinski definition) is 5. The van der Waals surface area contributed by atoms with E-state index < -0.39 is 0 Å². The van der Waals surface area contributed by atoms with E-state index in [1.165, 1.54) is 16.5 Å². The Kier molecular flexibility index (Phi) is 6.15. The minimum absolute atomic E-state index is 0.104. The fourth-order valence-corrected chi connectivity index (χ4v) is 3.29. The van der Waals surface area contributed by atoms with Gasteiger partial charge in [-0.1, -0.05) is 12.1 Å². The zero-order chi connectivity index (χ0) is 16.8. The lowest BCUT2D eigenvalue weighted by Crippen LogP contribution is -2.46. The molecule has 1 aromatic carbocycles. The van der Waals surface area contributed by atoms with Gasteiger partial charge in [-0.2, -0.15) is 0 Å². The number of benzene rings is 1. The smallest absolute Gasteiger partial charge is 0.0705 e. The summed E-state index contributed by atoms with van der Waals surface area (Å²) in [5.41, 5.74) is 3.83. The van der Waals surface area contributed by atoms with Crippen LogP contribution in [0, 0.1) is 6.92 Å². The van der Waals surface area contributed by atoms with Crippen molar-refractivity contribution >= 4 is 10.9 Å². The minimum atomic E-state index is 0.104. The summed E-state index contributed by atoms with van der Waals surface area (Å²) in [5, 5.41) is 10.0. The normalized spacial score (nSPS) is 16.8. The van der Waals surface area contributed by atoms with Gasteiger partial charge in [-0.15, -0.1) is 0 Å². The molecule has 0 bridgehead atoms. The molecular weight excluding hydrogens is 302 g/mol. The molecule has 0 spiro atoms. The Hall–Kier alpha value is -1.53. The molecule has 0 aliphatic carbocycles. The van der Waals surface area contributed by atoms with Crippen LogP contribution < -0.4 is 0 Å². The first-order valence-corrected chi connectivity index (χ1v) is 8.74. The van der Waals surface area contributed by atoms with Gasteiger partial charge in [0.15, 0.2) is 0 Å². The van der Waals surface area contributed by atoms with Gasteiger partial charge in [0.05, 0.1) is 25.3 Å². The summed E-state index contributed by atoms with van der Waals surface area (Å²) in [6.45, 7) is 9.68. The van der Waals surface area contributed by atoms with Crippen LogP contribution in [0.25, 0.3) is 10.9 Å². The number of aryl methyl sites for hydroxylation is 1. The molecule has 0 radical (unpaired) electrons. The Labute approximate surface area is 143 Å². The lowest BCUT2D eigenvalue weighted by atomic mass is 10.0. The Morgan fingerprint density at radius 1 is 1.08 bits per heavy atom. The molecule has 5 heteroatoms. The van der Waals surface area contributed by atoms with Crippen molar-refractivity contribution in [2.24, 2.45) is 0 Å². The van der Waals surface area contributed by atoms with E-state index in [1.54, 1.807) is 0 Å². The highest BCUT2D eigenvalue weighted by Crippen LogP contribution is 2.22. The van der Waals surface area contributed by atoms with Crippen LogP contribution in [0.2, 0.25) is 0 Å². The molecule has 130 valence electrons. The van der Waals surface area contributed by atoms with E-state index in [4.69, 9.17) is 9.84 Å². The van der Waals surface area contributed by atoms with Crippen molar-refractivity contribution < 1.29 is 9.84 Å². The van der Waals surface area contributed by atoms with Gasteiger partial charge in [-0.25, -0.2) is 0 Å². The highest BCUT2D eigenvalue weighted by Gasteiger charge is 2.18. The largest absolute Gasteiger partial charge is 0.394 e. The summed E-state index contributed by atoms with van der Waals surface area (Å²) in [7, 11) is 0. The average molecular weight is 329 g/mol. The molecule has 3 rings (SSSR count). The lowest BCUT2D eigenvalue weighted by Gasteiger charge is -2.35. The highest BCUT2D eigenvalue weighted by atomic mass is 16.5. The van der Waals surface area contributed by atoms with Crippen LogP contribution in [0.5, 0.6) is 0 Å². The number of ether oxygens (including phenoxy) is 1. The molecule has 1 aliphatic heterocycles. The monoisotopic (exact) mass is 329 g/mol. The zero-order valence-electron chi connectivity index (χ0n) is 14.4. The van der Waals surface area contributed by atoms with Crippen LogP contribution in [0.3, 0.4) is 0 Å². The second kappa shape index (κ2) is 8.53. The first-order valence-electron chi connectivity index (χ1n) is 8.74. The van der Waals surface area contributed by atoms with Crippen molar-refractivity contribution in [3.63, 3.8) is 0 Å². The van der Waals surface area contributed by atoms with Gasteiger partial charge in [0.2, 0.25) is 0 Å². The maximum Gasteiger partial charge on any atom is 0.0705 e. The maximum atomic E-state index is 8.73. The summed E-state index contributed by atoms with van der Waals surface area (Å²) >= 11 is 0. The van der Waals surface area contributed by atoms with Crippen LogP contribution in [-0.4, -0.2) is 72.4 Å². The van der Waals surface area contributed by atoms with Crippen LogP contribution in [0.15, 0.2) is 30.5 Å².